The van der Waals surface area contributed by atoms with Crippen LogP contribution < -0.4 is 4.90 Å². The maximum absolute atomic E-state index is 11.8. The quantitative estimate of drug-likeness (QED) is 0.766. The fourth-order valence-electron chi connectivity index (χ4n) is 1.83. The first-order chi connectivity index (χ1) is 8.52. The molecular formula is C11H14N2O3S2. The van der Waals surface area contributed by atoms with E-state index in [1.807, 2.05) is 0 Å². The number of nitrogens with zero attached hydrogens (tertiary/aromatic N) is 2. The first kappa shape index (κ1) is 13.4. The van der Waals surface area contributed by atoms with Crippen molar-refractivity contribution in [1.82, 2.24) is 4.98 Å². The molecule has 5 nitrogen and oxygen atoms in total. The van der Waals surface area contributed by atoms with E-state index in [0.29, 0.717) is 23.7 Å². The molecule has 1 atom stereocenters. The highest BCUT2D eigenvalue weighted by atomic mass is 32.2. The Hall–Kier alpha value is -1.08. The van der Waals surface area contributed by atoms with Gasteiger partial charge in [0.1, 0.15) is 11.2 Å². The van der Waals surface area contributed by atoms with Crippen LogP contribution in [0.4, 0.5) is 5.82 Å². The Morgan fingerprint density at radius 2 is 2.28 bits per heavy atom. The van der Waals surface area contributed by atoms with Crippen molar-refractivity contribution in [3.8, 4) is 0 Å². The first-order valence-electron chi connectivity index (χ1n) is 5.47. The highest BCUT2D eigenvalue weighted by Gasteiger charge is 2.31. The van der Waals surface area contributed by atoms with Crippen molar-refractivity contribution in [2.75, 3.05) is 29.2 Å². The number of anilines is 1. The zero-order valence-corrected chi connectivity index (χ0v) is 11.6. The second kappa shape index (κ2) is 5.27. The fraction of sp³-hybridized carbons (Fsp3) is 0.455. The molecule has 0 aromatic carbocycles. The number of carbonyl (C=O) groups is 1. The molecule has 2 rings (SSSR count). The summed E-state index contributed by atoms with van der Waals surface area (Å²) in [5, 5.41) is -0.536. The SMILES string of the molecule is CS(=O)(=O)C1CSCCN1c1ccc(C=O)cn1. The van der Waals surface area contributed by atoms with E-state index in [1.165, 1.54) is 12.5 Å². The molecule has 1 aromatic heterocycles. The molecule has 1 aliphatic heterocycles. The Morgan fingerprint density at radius 3 is 2.83 bits per heavy atom. The Kier molecular flexibility index (Phi) is 3.91. The van der Waals surface area contributed by atoms with E-state index >= 15 is 0 Å². The van der Waals surface area contributed by atoms with Gasteiger partial charge in [-0.25, -0.2) is 13.4 Å². The monoisotopic (exact) mass is 286 g/mol. The normalized spacial score (nSPS) is 20.7. The summed E-state index contributed by atoms with van der Waals surface area (Å²) < 4.78 is 23.5. The van der Waals surface area contributed by atoms with Crippen LogP contribution in [0.25, 0.3) is 0 Å². The number of aldehydes is 1. The number of hydrogen-bond acceptors (Lipinski definition) is 6. The van der Waals surface area contributed by atoms with Crippen molar-refractivity contribution in [1.29, 1.82) is 0 Å². The lowest BCUT2D eigenvalue weighted by Gasteiger charge is -2.34. The maximum Gasteiger partial charge on any atom is 0.169 e. The van der Waals surface area contributed by atoms with Crippen LogP contribution in [0.15, 0.2) is 18.3 Å². The summed E-state index contributed by atoms with van der Waals surface area (Å²) in [6.07, 6.45) is 3.43. The minimum absolute atomic E-state index is 0.487. The Balaban J connectivity index is 2.30. The van der Waals surface area contributed by atoms with E-state index < -0.39 is 15.2 Å². The van der Waals surface area contributed by atoms with Gasteiger partial charge in [-0.2, -0.15) is 11.8 Å². The lowest BCUT2D eigenvalue weighted by atomic mass is 10.3. The van der Waals surface area contributed by atoms with Crippen LogP contribution in [0.5, 0.6) is 0 Å². The summed E-state index contributed by atoms with van der Waals surface area (Å²) in [6.45, 7) is 0.649. The van der Waals surface area contributed by atoms with E-state index in [2.05, 4.69) is 4.98 Å². The van der Waals surface area contributed by atoms with Gasteiger partial charge < -0.3 is 4.90 Å². The summed E-state index contributed by atoms with van der Waals surface area (Å²) in [7, 11) is -3.14. The zero-order chi connectivity index (χ0) is 13.2. The molecule has 7 heteroatoms. The van der Waals surface area contributed by atoms with Gasteiger partial charge in [0.05, 0.1) is 0 Å². The molecule has 1 aliphatic rings. The van der Waals surface area contributed by atoms with Gasteiger partial charge in [0.25, 0.3) is 0 Å². The summed E-state index contributed by atoms with van der Waals surface area (Å²) >= 11 is 1.63. The number of aromatic nitrogens is 1. The highest BCUT2D eigenvalue weighted by molar-refractivity contribution is 8.01. The number of sulfone groups is 1. The van der Waals surface area contributed by atoms with Crippen molar-refractivity contribution in [3.05, 3.63) is 23.9 Å². The highest BCUT2D eigenvalue weighted by Crippen LogP contribution is 2.25. The minimum Gasteiger partial charge on any atom is -0.338 e. The fourth-order valence-corrected chi connectivity index (χ4v) is 4.66. The van der Waals surface area contributed by atoms with Crippen LogP contribution in [0, 0.1) is 0 Å². The molecule has 1 unspecified atom stereocenters. The van der Waals surface area contributed by atoms with E-state index in [-0.39, 0.29) is 0 Å². The number of carbonyl (C=O) groups excluding carboxylic acids is 1. The maximum atomic E-state index is 11.8. The summed E-state index contributed by atoms with van der Waals surface area (Å²) in [5.74, 6) is 2.04. The van der Waals surface area contributed by atoms with Crippen LogP contribution >= 0.6 is 11.8 Å². The van der Waals surface area contributed by atoms with Crippen LogP contribution in [0.2, 0.25) is 0 Å². The molecule has 0 radical (unpaired) electrons. The number of hydrogen-bond donors (Lipinski definition) is 0. The minimum atomic E-state index is -3.14. The zero-order valence-electron chi connectivity index (χ0n) is 9.94. The Labute approximate surface area is 111 Å². The lowest BCUT2D eigenvalue weighted by Crippen LogP contribution is -2.47. The molecule has 0 saturated carbocycles. The van der Waals surface area contributed by atoms with Crippen LogP contribution in [-0.2, 0) is 9.84 Å². The van der Waals surface area contributed by atoms with E-state index in [4.69, 9.17) is 0 Å². The molecule has 0 spiro atoms. The molecule has 1 saturated heterocycles. The molecule has 0 N–H and O–H groups in total. The molecule has 0 bridgehead atoms. The molecule has 1 aromatic rings. The topological polar surface area (TPSA) is 67.3 Å². The van der Waals surface area contributed by atoms with Crippen molar-refractivity contribution in [2.45, 2.75) is 5.37 Å². The van der Waals surface area contributed by atoms with E-state index in [9.17, 15) is 13.2 Å². The van der Waals surface area contributed by atoms with Gasteiger partial charge >= 0.3 is 0 Å². The van der Waals surface area contributed by atoms with Gasteiger partial charge in [0.2, 0.25) is 0 Å². The third kappa shape index (κ3) is 2.84. The lowest BCUT2D eigenvalue weighted by molar-refractivity contribution is 0.112. The second-order valence-electron chi connectivity index (χ2n) is 4.12. The van der Waals surface area contributed by atoms with Crippen molar-refractivity contribution in [3.63, 3.8) is 0 Å². The molecule has 18 heavy (non-hydrogen) atoms. The third-order valence-corrected chi connectivity index (χ3v) is 5.42. The van der Waals surface area contributed by atoms with Crippen LogP contribution in [-0.4, -0.2) is 49.4 Å². The molecule has 2 heterocycles. The molecular weight excluding hydrogens is 272 g/mol. The average Bonchev–Trinajstić information content (AvgIpc) is 2.38. The second-order valence-corrected chi connectivity index (χ2v) is 7.47. The summed E-state index contributed by atoms with van der Waals surface area (Å²) in [5.41, 5.74) is 0.487. The summed E-state index contributed by atoms with van der Waals surface area (Å²) in [4.78, 5) is 16.5. The van der Waals surface area contributed by atoms with Gasteiger partial charge in [0.15, 0.2) is 16.1 Å². The van der Waals surface area contributed by atoms with Crippen LogP contribution in [0.3, 0.4) is 0 Å². The van der Waals surface area contributed by atoms with Gasteiger partial charge in [-0.05, 0) is 12.1 Å². The number of rotatable bonds is 3. The van der Waals surface area contributed by atoms with E-state index in [1.54, 1.807) is 28.8 Å². The summed E-state index contributed by atoms with van der Waals surface area (Å²) in [6, 6.07) is 3.34. The van der Waals surface area contributed by atoms with Crippen molar-refractivity contribution < 1.29 is 13.2 Å². The number of thioether (sulfide) groups is 1. The van der Waals surface area contributed by atoms with Gasteiger partial charge in [0, 0.05) is 36.1 Å². The van der Waals surface area contributed by atoms with Gasteiger partial charge in [-0.1, -0.05) is 0 Å². The Bertz CT molecular complexity index is 528. The number of pyridine rings is 1. The molecule has 98 valence electrons. The smallest absolute Gasteiger partial charge is 0.169 e. The third-order valence-electron chi connectivity index (χ3n) is 2.78. The van der Waals surface area contributed by atoms with E-state index in [0.717, 1.165) is 12.0 Å². The molecule has 1 fully saturated rings. The average molecular weight is 286 g/mol. The predicted molar refractivity (Wildman–Crippen MR) is 72.9 cm³/mol. The largest absolute Gasteiger partial charge is 0.338 e. The molecule has 0 amide bonds. The Morgan fingerprint density at radius 1 is 1.50 bits per heavy atom. The molecule has 0 aliphatic carbocycles. The van der Waals surface area contributed by atoms with Crippen molar-refractivity contribution in [2.24, 2.45) is 0 Å². The first-order valence-corrected chi connectivity index (χ1v) is 8.58. The van der Waals surface area contributed by atoms with Gasteiger partial charge in [-0.3, -0.25) is 4.79 Å². The standard InChI is InChI=1S/C11H14N2O3S2/c1-18(15,16)11-8-17-5-4-13(11)10-3-2-9(7-14)6-12-10/h2-3,6-7,11H,4-5,8H2,1H3. The van der Waals surface area contributed by atoms with Gasteiger partial charge in [-0.15, -0.1) is 0 Å². The predicted octanol–water partition coefficient (Wildman–Crippen LogP) is 0.818. The van der Waals surface area contributed by atoms with Crippen LogP contribution in [0.1, 0.15) is 10.4 Å². The van der Waals surface area contributed by atoms with Crippen molar-refractivity contribution >= 4 is 33.7 Å².